The standard InChI is InChI=1S/C20H13ClN2O3/c21-12-8-9-19-17(10-12)22-11-16-14(6-3-7-18(16)26-19)13-4-1-2-5-15(13)20(24)23-25/h1-11,25H,(H,23,24). The smallest absolute Gasteiger partial charge is 0.275 e. The molecule has 0 aromatic heterocycles. The molecular formula is C20H13ClN2O3. The second-order valence-electron chi connectivity index (χ2n) is 5.68. The van der Waals surface area contributed by atoms with E-state index in [9.17, 15) is 4.79 Å². The van der Waals surface area contributed by atoms with Gasteiger partial charge in [0.05, 0.1) is 0 Å². The van der Waals surface area contributed by atoms with Gasteiger partial charge in [-0.25, -0.2) is 5.48 Å². The molecule has 0 spiro atoms. The predicted octanol–water partition coefficient (Wildman–Crippen LogP) is 4.98. The Kier molecular flexibility index (Phi) is 4.16. The third-order valence-electron chi connectivity index (χ3n) is 4.10. The van der Waals surface area contributed by atoms with E-state index in [-0.39, 0.29) is 0 Å². The molecule has 0 atom stereocenters. The van der Waals surface area contributed by atoms with Gasteiger partial charge in [-0.1, -0.05) is 41.9 Å². The van der Waals surface area contributed by atoms with E-state index < -0.39 is 5.91 Å². The molecule has 6 heteroatoms. The molecule has 5 nitrogen and oxygen atoms in total. The zero-order chi connectivity index (χ0) is 18.1. The van der Waals surface area contributed by atoms with Gasteiger partial charge in [0.25, 0.3) is 5.91 Å². The van der Waals surface area contributed by atoms with Crippen molar-refractivity contribution in [2.75, 3.05) is 0 Å². The maximum absolute atomic E-state index is 12.0. The molecule has 128 valence electrons. The van der Waals surface area contributed by atoms with E-state index in [4.69, 9.17) is 21.5 Å². The van der Waals surface area contributed by atoms with E-state index in [1.807, 2.05) is 30.3 Å². The Balaban J connectivity index is 1.90. The first-order valence-electron chi connectivity index (χ1n) is 7.85. The third kappa shape index (κ3) is 2.83. The Morgan fingerprint density at radius 1 is 1.00 bits per heavy atom. The van der Waals surface area contributed by atoms with Gasteiger partial charge >= 0.3 is 0 Å². The summed E-state index contributed by atoms with van der Waals surface area (Å²) in [5.41, 5.74) is 4.82. The molecule has 3 aromatic rings. The van der Waals surface area contributed by atoms with Crippen LogP contribution in [0.2, 0.25) is 5.02 Å². The van der Waals surface area contributed by atoms with Crippen molar-refractivity contribution >= 4 is 29.4 Å². The molecule has 4 rings (SSSR count). The molecule has 2 N–H and O–H groups in total. The molecule has 0 saturated heterocycles. The van der Waals surface area contributed by atoms with E-state index in [0.29, 0.717) is 33.3 Å². The fourth-order valence-electron chi connectivity index (χ4n) is 2.91. The Hall–Kier alpha value is -3.15. The van der Waals surface area contributed by atoms with Gasteiger partial charge in [-0.2, -0.15) is 0 Å². The maximum Gasteiger partial charge on any atom is 0.275 e. The second-order valence-corrected chi connectivity index (χ2v) is 6.11. The largest absolute Gasteiger partial charge is 0.454 e. The fraction of sp³-hybridized carbons (Fsp3) is 0. The van der Waals surface area contributed by atoms with Crippen LogP contribution in [0.5, 0.6) is 11.5 Å². The number of rotatable bonds is 2. The number of carbonyl (C=O) groups is 1. The van der Waals surface area contributed by atoms with Gasteiger partial charge in [0.2, 0.25) is 0 Å². The molecule has 0 unspecified atom stereocenters. The van der Waals surface area contributed by atoms with Gasteiger partial charge in [0.1, 0.15) is 11.4 Å². The number of nitrogens with zero attached hydrogens (tertiary/aromatic N) is 1. The van der Waals surface area contributed by atoms with E-state index in [2.05, 4.69) is 4.99 Å². The number of hydrogen-bond acceptors (Lipinski definition) is 4. The van der Waals surface area contributed by atoms with Crippen LogP contribution in [-0.4, -0.2) is 17.3 Å². The molecule has 0 radical (unpaired) electrons. The Bertz CT molecular complexity index is 1050. The Morgan fingerprint density at radius 3 is 2.65 bits per heavy atom. The highest BCUT2D eigenvalue weighted by atomic mass is 35.5. The molecule has 0 bridgehead atoms. The summed E-state index contributed by atoms with van der Waals surface area (Å²) >= 11 is 6.04. The summed E-state index contributed by atoms with van der Waals surface area (Å²) in [4.78, 5) is 16.5. The van der Waals surface area contributed by atoms with Crippen molar-refractivity contribution in [2.24, 2.45) is 4.99 Å². The first kappa shape index (κ1) is 16.3. The molecule has 1 aliphatic heterocycles. The number of fused-ring (bicyclic) bond motifs is 2. The third-order valence-corrected chi connectivity index (χ3v) is 4.34. The lowest BCUT2D eigenvalue weighted by atomic mass is 9.95. The van der Waals surface area contributed by atoms with Crippen molar-refractivity contribution in [3.63, 3.8) is 0 Å². The summed E-state index contributed by atoms with van der Waals surface area (Å²) in [5, 5.41) is 9.59. The van der Waals surface area contributed by atoms with Gasteiger partial charge < -0.3 is 4.74 Å². The van der Waals surface area contributed by atoms with Gasteiger partial charge in [-0.05, 0) is 41.5 Å². The normalized spacial score (nSPS) is 11.8. The molecular weight excluding hydrogens is 352 g/mol. The Morgan fingerprint density at radius 2 is 1.81 bits per heavy atom. The van der Waals surface area contributed by atoms with E-state index in [1.54, 1.807) is 42.0 Å². The van der Waals surface area contributed by atoms with Crippen LogP contribution in [-0.2, 0) is 0 Å². The number of amides is 1. The van der Waals surface area contributed by atoms with Gasteiger partial charge in [0.15, 0.2) is 5.75 Å². The van der Waals surface area contributed by atoms with Gasteiger partial charge in [0, 0.05) is 22.4 Å². The molecule has 1 aliphatic rings. The number of ether oxygens (including phenoxy) is 1. The quantitative estimate of drug-likeness (QED) is 0.389. The zero-order valence-electron chi connectivity index (χ0n) is 13.4. The number of hydroxylamine groups is 1. The van der Waals surface area contributed by atoms with Crippen LogP contribution < -0.4 is 10.2 Å². The first-order chi connectivity index (χ1) is 12.7. The average Bonchev–Trinajstić information content (AvgIpc) is 2.86. The highest BCUT2D eigenvalue weighted by molar-refractivity contribution is 6.31. The summed E-state index contributed by atoms with van der Waals surface area (Å²) in [7, 11) is 0. The molecule has 0 fully saturated rings. The number of hydrogen-bond donors (Lipinski definition) is 2. The number of halogens is 1. The van der Waals surface area contributed by atoms with Gasteiger partial charge in [-0.3, -0.25) is 15.0 Å². The van der Waals surface area contributed by atoms with Crippen LogP contribution in [0.15, 0.2) is 65.7 Å². The second kappa shape index (κ2) is 6.63. The lowest BCUT2D eigenvalue weighted by molar-refractivity contribution is 0.0707. The monoisotopic (exact) mass is 364 g/mol. The van der Waals surface area contributed by atoms with Crippen LogP contribution in [0.1, 0.15) is 15.9 Å². The average molecular weight is 365 g/mol. The molecule has 26 heavy (non-hydrogen) atoms. The molecule has 0 saturated carbocycles. The minimum atomic E-state index is -0.584. The number of carbonyl (C=O) groups excluding carboxylic acids is 1. The highest BCUT2D eigenvalue weighted by Crippen LogP contribution is 2.40. The highest BCUT2D eigenvalue weighted by Gasteiger charge is 2.19. The fourth-order valence-corrected chi connectivity index (χ4v) is 3.07. The van der Waals surface area contributed by atoms with Crippen molar-refractivity contribution in [1.82, 2.24) is 5.48 Å². The van der Waals surface area contributed by atoms with Crippen molar-refractivity contribution in [3.8, 4) is 22.6 Å². The lowest BCUT2D eigenvalue weighted by Gasteiger charge is -2.13. The SMILES string of the molecule is O=C(NO)c1ccccc1-c1cccc2c1C=Nc1cc(Cl)ccc1O2. The van der Waals surface area contributed by atoms with Crippen LogP contribution >= 0.6 is 11.6 Å². The summed E-state index contributed by atoms with van der Waals surface area (Å²) in [6, 6.07) is 17.8. The maximum atomic E-state index is 12.0. The minimum absolute atomic E-state index is 0.349. The number of aliphatic imine (C=N–C) groups is 1. The van der Waals surface area contributed by atoms with Crippen LogP contribution in [0.3, 0.4) is 0 Å². The topological polar surface area (TPSA) is 70.9 Å². The molecule has 1 amide bonds. The minimum Gasteiger partial charge on any atom is -0.454 e. The zero-order valence-corrected chi connectivity index (χ0v) is 14.2. The summed E-state index contributed by atoms with van der Waals surface area (Å²) < 4.78 is 6.01. The molecule has 3 aromatic carbocycles. The summed E-state index contributed by atoms with van der Waals surface area (Å²) in [6.45, 7) is 0. The summed E-state index contributed by atoms with van der Waals surface area (Å²) in [6.07, 6.45) is 1.69. The first-order valence-corrected chi connectivity index (χ1v) is 8.23. The van der Waals surface area contributed by atoms with E-state index in [1.165, 1.54) is 0 Å². The number of nitrogens with one attached hydrogen (secondary N) is 1. The van der Waals surface area contributed by atoms with Crippen molar-refractivity contribution < 1.29 is 14.7 Å². The van der Waals surface area contributed by atoms with Crippen molar-refractivity contribution in [2.45, 2.75) is 0 Å². The van der Waals surface area contributed by atoms with Crippen molar-refractivity contribution in [1.29, 1.82) is 0 Å². The van der Waals surface area contributed by atoms with Crippen LogP contribution in [0.25, 0.3) is 11.1 Å². The van der Waals surface area contributed by atoms with E-state index >= 15 is 0 Å². The molecule has 1 heterocycles. The number of benzene rings is 3. The predicted molar refractivity (Wildman–Crippen MR) is 99.9 cm³/mol. The Labute approximate surface area is 154 Å². The van der Waals surface area contributed by atoms with E-state index in [0.717, 1.165) is 11.1 Å². The lowest BCUT2D eigenvalue weighted by Crippen LogP contribution is -2.19. The van der Waals surface area contributed by atoms with Crippen LogP contribution in [0.4, 0.5) is 5.69 Å². The van der Waals surface area contributed by atoms with Crippen molar-refractivity contribution in [3.05, 3.63) is 76.8 Å². The van der Waals surface area contributed by atoms with Crippen LogP contribution in [0, 0.1) is 0 Å². The van der Waals surface area contributed by atoms with Gasteiger partial charge in [-0.15, -0.1) is 0 Å². The summed E-state index contributed by atoms with van der Waals surface area (Å²) in [5.74, 6) is 0.634. The molecule has 0 aliphatic carbocycles.